The predicted octanol–water partition coefficient (Wildman–Crippen LogP) is 1.42. The number of likely N-dealkylation sites (N-methyl/N-ethyl adjacent to an activating group) is 1. The molecule has 0 bridgehead atoms. The zero-order valence-corrected chi connectivity index (χ0v) is 15.3. The Hall–Kier alpha value is -2.19. The third-order valence-electron chi connectivity index (χ3n) is 3.93. The zero-order valence-electron chi connectivity index (χ0n) is 14.5. The van der Waals surface area contributed by atoms with Crippen molar-refractivity contribution in [1.82, 2.24) is 15.1 Å². The number of hydrogen-bond acceptors (Lipinski definition) is 4. The fraction of sp³-hybridized carbons (Fsp3) is 0.471. The molecule has 1 heterocycles. The lowest BCUT2D eigenvalue weighted by molar-refractivity contribution is -0.159. The lowest BCUT2D eigenvalue weighted by Crippen LogP contribution is -2.51. The second-order valence-electron chi connectivity index (χ2n) is 5.61. The maximum atomic E-state index is 9.10. The van der Waals surface area contributed by atoms with E-state index in [0.717, 1.165) is 37.8 Å². The van der Waals surface area contributed by atoms with E-state index < -0.39 is 11.9 Å². The van der Waals surface area contributed by atoms with E-state index in [2.05, 4.69) is 53.2 Å². The third kappa shape index (κ3) is 7.49. The van der Waals surface area contributed by atoms with Gasteiger partial charge in [0.25, 0.3) is 0 Å². The van der Waals surface area contributed by atoms with Crippen molar-refractivity contribution in [2.75, 3.05) is 32.7 Å². The molecule has 0 aliphatic carbocycles. The molecule has 1 aliphatic heterocycles. The van der Waals surface area contributed by atoms with E-state index in [1.807, 2.05) is 6.07 Å². The van der Waals surface area contributed by atoms with Crippen molar-refractivity contribution >= 4 is 29.3 Å². The first kappa shape index (κ1) is 20.9. The van der Waals surface area contributed by atoms with Gasteiger partial charge in [0.1, 0.15) is 0 Å². The largest absolute Gasteiger partial charge is 0.473 e. The van der Waals surface area contributed by atoms with E-state index in [-0.39, 0.29) is 6.04 Å². The van der Waals surface area contributed by atoms with Gasteiger partial charge < -0.3 is 25.3 Å². The van der Waals surface area contributed by atoms with Crippen LogP contribution in [0.4, 0.5) is 0 Å². The summed E-state index contributed by atoms with van der Waals surface area (Å²) in [5, 5.41) is 19.1. The Labute approximate surface area is 153 Å². The second-order valence-corrected chi connectivity index (χ2v) is 6.00. The maximum absolute atomic E-state index is 9.10. The van der Waals surface area contributed by atoms with Crippen LogP contribution in [0.5, 0.6) is 0 Å². The van der Waals surface area contributed by atoms with Crippen LogP contribution in [0, 0.1) is 0 Å². The Kier molecular flexibility index (Phi) is 8.87. The van der Waals surface area contributed by atoms with E-state index in [9.17, 15) is 0 Å². The van der Waals surface area contributed by atoms with Gasteiger partial charge in [-0.05, 0) is 31.2 Å². The molecule has 2 rings (SSSR count). The number of piperazine rings is 1. The summed E-state index contributed by atoms with van der Waals surface area (Å²) in [7, 11) is 0. The molecule has 0 radical (unpaired) electrons. The first-order valence-electron chi connectivity index (χ1n) is 8.14. The second kappa shape index (κ2) is 10.6. The average molecular weight is 367 g/mol. The molecule has 0 aromatic heterocycles. The number of aliphatic carboxylic acids is 2. The minimum atomic E-state index is -1.82. The van der Waals surface area contributed by atoms with Gasteiger partial charge in [0.05, 0.1) is 6.04 Å². The smallest absolute Gasteiger partial charge is 0.414 e. The summed E-state index contributed by atoms with van der Waals surface area (Å²) in [6, 6.07) is 10.7. The fourth-order valence-electron chi connectivity index (χ4n) is 2.37. The van der Waals surface area contributed by atoms with E-state index in [1.165, 1.54) is 5.56 Å². The quantitative estimate of drug-likeness (QED) is 0.546. The summed E-state index contributed by atoms with van der Waals surface area (Å²) in [5.41, 5.74) is 1.28. The standard InChI is InChI=1S/C15H23N3S.C2H2O4/c1-3-17-9-11-18(12-10-17)15(19)16-13(2)14-7-5-4-6-8-14;3-1(4)2(5)6/h4-8,13H,3,9-12H2,1-2H3,(H,16,19);(H,3,4)(H,5,6). The Morgan fingerprint density at radius 3 is 2.08 bits per heavy atom. The number of hydrogen-bond donors (Lipinski definition) is 3. The number of nitrogens with zero attached hydrogens (tertiary/aromatic N) is 2. The molecule has 1 atom stereocenters. The number of carboxylic acids is 2. The van der Waals surface area contributed by atoms with Gasteiger partial charge in [-0.3, -0.25) is 0 Å². The highest BCUT2D eigenvalue weighted by Crippen LogP contribution is 2.12. The number of rotatable bonds is 3. The molecular weight excluding hydrogens is 342 g/mol. The maximum Gasteiger partial charge on any atom is 0.414 e. The van der Waals surface area contributed by atoms with Crippen LogP contribution in [0.2, 0.25) is 0 Å². The Morgan fingerprint density at radius 1 is 1.12 bits per heavy atom. The average Bonchev–Trinajstić information content (AvgIpc) is 2.62. The van der Waals surface area contributed by atoms with Crippen LogP contribution in [0.3, 0.4) is 0 Å². The minimum absolute atomic E-state index is 0.262. The highest BCUT2D eigenvalue weighted by molar-refractivity contribution is 7.80. The summed E-state index contributed by atoms with van der Waals surface area (Å²) in [6.45, 7) is 9.78. The van der Waals surface area contributed by atoms with Crippen molar-refractivity contribution < 1.29 is 19.8 Å². The fourth-order valence-corrected chi connectivity index (χ4v) is 2.73. The number of carboxylic acid groups (broad SMARTS) is 2. The van der Waals surface area contributed by atoms with Crippen LogP contribution in [0.25, 0.3) is 0 Å². The summed E-state index contributed by atoms with van der Waals surface area (Å²) < 4.78 is 0. The number of thiocarbonyl (C=S) groups is 1. The molecule has 1 unspecified atom stereocenters. The molecule has 7 nitrogen and oxygen atoms in total. The van der Waals surface area contributed by atoms with Crippen molar-refractivity contribution in [1.29, 1.82) is 0 Å². The van der Waals surface area contributed by atoms with Gasteiger partial charge in [-0.2, -0.15) is 0 Å². The summed E-state index contributed by atoms with van der Waals surface area (Å²) in [6.07, 6.45) is 0. The highest BCUT2D eigenvalue weighted by atomic mass is 32.1. The van der Waals surface area contributed by atoms with Gasteiger partial charge in [-0.25, -0.2) is 9.59 Å². The Bertz CT molecular complexity index is 563. The van der Waals surface area contributed by atoms with E-state index in [1.54, 1.807) is 0 Å². The molecule has 1 aliphatic rings. The molecular formula is C17H25N3O4S. The first-order chi connectivity index (χ1) is 11.8. The van der Waals surface area contributed by atoms with E-state index >= 15 is 0 Å². The molecule has 138 valence electrons. The molecule has 3 N–H and O–H groups in total. The summed E-state index contributed by atoms with van der Waals surface area (Å²) in [5.74, 6) is -3.65. The van der Waals surface area contributed by atoms with Gasteiger partial charge >= 0.3 is 11.9 Å². The molecule has 1 saturated heterocycles. The highest BCUT2D eigenvalue weighted by Gasteiger charge is 2.18. The molecule has 0 amide bonds. The zero-order chi connectivity index (χ0) is 18.8. The molecule has 8 heteroatoms. The van der Waals surface area contributed by atoms with Crippen molar-refractivity contribution in [3.05, 3.63) is 35.9 Å². The van der Waals surface area contributed by atoms with Gasteiger partial charge in [-0.15, -0.1) is 0 Å². The summed E-state index contributed by atoms with van der Waals surface area (Å²) >= 11 is 5.52. The van der Waals surface area contributed by atoms with E-state index in [4.69, 9.17) is 32.0 Å². The number of benzene rings is 1. The third-order valence-corrected chi connectivity index (χ3v) is 4.31. The van der Waals surface area contributed by atoms with Gasteiger partial charge in [0.15, 0.2) is 5.11 Å². The molecule has 1 aromatic carbocycles. The number of nitrogens with one attached hydrogen (secondary N) is 1. The monoisotopic (exact) mass is 367 g/mol. The predicted molar refractivity (Wildman–Crippen MR) is 99.5 cm³/mol. The molecule has 0 saturated carbocycles. The van der Waals surface area contributed by atoms with Gasteiger partial charge in [0.2, 0.25) is 0 Å². The van der Waals surface area contributed by atoms with Crippen molar-refractivity contribution in [2.45, 2.75) is 19.9 Å². The molecule has 25 heavy (non-hydrogen) atoms. The van der Waals surface area contributed by atoms with Crippen LogP contribution in [0.15, 0.2) is 30.3 Å². The normalized spacial score (nSPS) is 15.5. The topological polar surface area (TPSA) is 93.1 Å². The van der Waals surface area contributed by atoms with Crippen LogP contribution in [-0.4, -0.2) is 69.8 Å². The SMILES string of the molecule is CCN1CCN(C(=S)NC(C)c2ccccc2)CC1.O=C(O)C(=O)O. The molecule has 1 aromatic rings. The molecule has 0 spiro atoms. The Balaban J connectivity index is 0.000000450. The van der Waals surface area contributed by atoms with Crippen LogP contribution in [-0.2, 0) is 9.59 Å². The number of carbonyl (C=O) groups is 2. The Morgan fingerprint density at radius 2 is 1.64 bits per heavy atom. The van der Waals surface area contributed by atoms with Gasteiger partial charge in [-0.1, -0.05) is 37.3 Å². The van der Waals surface area contributed by atoms with Crippen LogP contribution >= 0.6 is 12.2 Å². The van der Waals surface area contributed by atoms with Crippen molar-refractivity contribution in [3.63, 3.8) is 0 Å². The lowest BCUT2D eigenvalue weighted by Gasteiger charge is -2.36. The van der Waals surface area contributed by atoms with Crippen LogP contribution in [0.1, 0.15) is 25.5 Å². The van der Waals surface area contributed by atoms with Crippen LogP contribution < -0.4 is 5.32 Å². The van der Waals surface area contributed by atoms with Gasteiger partial charge in [0, 0.05) is 26.2 Å². The minimum Gasteiger partial charge on any atom is -0.473 e. The lowest BCUT2D eigenvalue weighted by atomic mass is 10.1. The first-order valence-corrected chi connectivity index (χ1v) is 8.55. The molecule has 1 fully saturated rings. The summed E-state index contributed by atoms with van der Waals surface area (Å²) in [4.78, 5) is 22.9. The van der Waals surface area contributed by atoms with Crippen molar-refractivity contribution in [2.24, 2.45) is 0 Å². The van der Waals surface area contributed by atoms with Crippen molar-refractivity contribution in [3.8, 4) is 0 Å². The van der Waals surface area contributed by atoms with E-state index in [0.29, 0.717) is 0 Å².